The summed E-state index contributed by atoms with van der Waals surface area (Å²) in [7, 11) is 0. The van der Waals surface area contributed by atoms with E-state index in [-0.39, 0.29) is 24.7 Å². The number of hydrogen-bond donors (Lipinski definition) is 1. The second kappa shape index (κ2) is 7.24. The Balaban J connectivity index is 0.00000225. The molecule has 1 aromatic rings. The lowest BCUT2D eigenvalue weighted by Crippen LogP contribution is -2.09. The zero-order chi connectivity index (χ0) is 11.3. The van der Waals surface area contributed by atoms with Crippen molar-refractivity contribution in [3.63, 3.8) is 0 Å². The number of rotatable bonds is 5. The van der Waals surface area contributed by atoms with Crippen LogP contribution in [0, 0.1) is 0 Å². The van der Waals surface area contributed by atoms with Crippen molar-refractivity contribution in [3.05, 3.63) is 23.8 Å². The molecule has 0 spiro atoms. The molecule has 0 heterocycles. The van der Waals surface area contributed by atoms with Crippen molar-refractivity contribution in [2.75, 3.05) is 6.61 Å². The second-order valence-electron chi connectivity index (χ2n) is 2.76. The van der Waals surface area contributed by atoms with Gasteiger partial charge in [-0.05, 0) is 13.0 Å². The molecule has 0 amide bonds. The van der Waals surface area contributed by atoms with E-state index in [1.807, 2.05) is 0 Å². The van der Waals surface area contributed by atoms with Crippen molar-refractivity contribution < 1.29 is 18.3 Å². The first kappa shape index (κ1) is 14.9. The van der Waals surface area contributed by atoms with Gasteiger partial charge in [0.25, 0.3) is 0 Å². The van der Waals surface area contributed by atoms with Gasteiger partial charge in [0, 0.05) is 12.1 Å². The number of para-hydroxylation sites is 1. The molecule has 1 aromatic carbocycles. The highest BCUT2D eigenvalue weighted by molar-refractivity contribution is 5.85. The standard InChI is InChI=1S/C10H13F2NO2.ClH/c1-2-14-8-5-3-4-7(6-13)9(8)15-10(11)12;/h3-5,10H,2,6,13H2,1H3;1H. The van der Waals surface area contributed by atoms with E-state index in [0.717, 1.165) is 0 Å². The average Bonchev–Trinajstić information content (AvgIpc) is 2.20. The van der Waals surface area contributed by atoms with Gasteiger partial charge in [-0.2, -0.15) is 8.78 Å². The van der Waals surface area contributed by atoms with Crippen LogP contribution in [0.1, 0.15) is 12.5 Å². The average molecular weight is 254 g/mol. The molecule has 16 heavy (non-hydrogen) atoms. The van der Waals surface area contributed by atoms with E-state index < -0.39 is 6.61 Å². The zero-order valence-corrected chi connectivity index (χ0v) is 9.60. The summed E-state index contributed by atoms with van der Waals surface area (Å²) in [6, 6.07) is 4.88. The van der Waals surface area contributed by atoms with Crippen molar-refractivity contribution >= 4 is 12.4 Å². The molecule has 0 atom stereocenters. The first-order chi connectivity index (χ1) is 7.19. The number of nitrogens with two attached hydrogens (primary N) is 1. The molecule has 0 bridgehead atoms. The Morgan fingerprint density at radius 3 is 2.56 bits per heavy atom. The predicted molar refractivity (Wildman–Crippen MR) is 59.4 cm³/mol. The SMILES string of the molecule is CCOc1cccc(CN)c1OC(F)F.Cl. The fourth-order valence-electron chi connectivity index (χ4n) is 1.21. The van der Waals surface area contributed by atoms with E-state index in [1.165, 1.54) is 0 Å². The summed E-state index contributed by atoms with van der Waals surface area (Å²) in [5.74, 6) is 0.317. The highest BCUT2D eigenvalue weighted by Crippen LogP contribution is 2.32. The third-order valence-corrected chi connectivity index (χ3v) is 1.79. The van der Waals surface area contributed by atoms with E-state index in [2.05, 4.69) is 4.74 Å². The quantitative estimate of drug-likeness (QED) is 0.877. The second-order valence-corrected chi connectivity index (χ2v) is 2.76. The molecule has 6 heteroatoms. The minimum atomic E-state index is -2.88. The van der Waals surface area contributed by atoms with Crippen LogP contribution in [0.2, 0.25) is 0 Å². The molecule has 0 aliphatic rings. The van der Waals surface area contributed by atoms with Crippen molar-refractivity contribution in [1.29, 1.82) is 0 Å². The van der Waals surface area contributed by atoms with Gasteiger partial charge in [0.2, 0.25) is 0 Å². The van der Waals surface area contributed by atoms with Crippen molar-refractivity contribution in [3.8, 4) is 11.5 Å². The first-order valence-electron chi connectivity index (χ1n) is 4.58. The van der Waals surface area contributed by atoms with Gasteiger partial charge in [0.05, 0.1) is 6.61 Å². The van der Waals surface area contributed by atoms with Gasteiger partial charge in [0.15, 0.2) is 11.5 Å². The summed E-state index contributed by atoms with van der Waals surface area (Å²) in [5.41, 5.74) is 5.91. The molecule has 0 aliphatic carbocycles. The molecule has 1 rings (SSSR count). The van der Waals surface area contributed by atoms with Crippen LogP contribution in [0.15, 0.2) is 18.2 Å². The van der Waals surface area contributed by atoms with Gasteiger partial charge in [-0.1, -0.05) is 12.1 Å². The molecule has 0 saturated carbocycles. The molecule has 0 fully saturated rings. The van der Waals surface area contributed by atoms with Crippen LogP contribution in [-0.4, -0.2) is 13.2 Å². The van der Waals surface area contributed by atoms with Crippen LogP contribution >= 0.6 is 12.4 Å². The maximum absolute atomic E-state index is 12.1. The number of halogens is 3. The Labute approximate surface area is 98.9 Å². The lowest BCUT2D eigenvalue weighted by molar-refractivity contribution is -0.0520. The number of benzene rings is 1. The summed E-state index contributed by atoms with van der Waals surface area (Å²) in [5, 5.41) is 0. The van der Waals surface area contributed by atoms with Gasteiger partial charge < -0.3 is 15.2 Å². The molecule has 92 valence electrons. The van der Waals surface area contributed by atoms with Crippen LogP contribution < -0.4 is 15.2 Å². The van der Waals surface area contributed by atoms with E-state index in [1.54, 1.807) is 25.1 Å². The van der Waals surface area contributed by atoms with Crippen LogP contribution in [0.25, 0.3) is 0 Å². The third-order valence-electron chi connectivity index (χ3n) is 1.79. The van der Waals surface area contributed by atoms with E-state index in [4.69, 9.17) is 10.5 Å². The van der Waals surface area contributed by atoms with Crippen LogP contribution in [0.3, 0.4) is 0 Å². The molecule has 0 aliphatic heterocycles. The Bertz CT molecular complexity index is 324. The van der Waals surface area contributed by atoms with Gasteiger partial charge in [0.1, 0.15) is 0 Å². The van der Waals surface area contributed by atoms with Crippen LogP contribution in [-0.2, 0) is 6.54 Å². The van der Waals surface area contributed by atoms with Gasteiger partial charge in [-0.15, -0.1) is 12.4 Å². The topological polar surface area (TPSA) is 44.5 Å². The molecule has 0 unspecified atom stereocenters. The normalized spacial score (nSPS) is 9.81. The summed E-state index contributed by atoms with van der Waals surface area (Å²) in [6.45, 7) is -0.602. The molecular weight excluding hydrogens is 240 g/mol. The Morgan fingerprint density at radius 2 is 2.06 bits per heavy atom. The zero-order valence-electron chi connectivity index (χ0n) is 8.78. The molecule has 3 nitrogen and oxygen atoms in total. The van der Waals surface area contributed by atoms with Gasteiger partial charge >= 0.3 is 6.61 Å². The molecule has 0 radical (unpaired) electrons. The Hall–Kier alpha value is -1.07. The molecule has 0 saturated heterocycles. The highest BCUT2D eigenvalue weighted by atomic mass is 35.5. The largest absolute Gasteiger partial charge is 0.490 e. The van der Waals surface area contributed by atoms with Crippen molar-refractivity contribution in [2.45, 2.75) is 20.1 Å². The van der Waals surface area contributed by atoms with Crippen molar-refractivity contribution in [1.82, 2.24) is 0 Å². The lowest BCUT2D eigenvalue weighted by atomic mass is 10.2. The van der Waals surface area contributed by atoms with Crippen molar-refractivity contribution in [2.24, 2.45) is 5.73 Å². The number of ether oxygens (including phenoxy) is 2. The van der Waals surface area contributed by atoms with E-state index in [9.17, 15) is 8.78 Å². The predicted octanol–water partition coefficient (Wildman–Crippen LogP) is 2.57. The Kier molecular flexibility index (Phi) is 6.76. The number of alkyl halides is 2. The van der Waals surface area contributed by atoms with Crippen LogP contribution in [0.4, 0.5) is 8.78 Å². The summed E-state index contributed by atoms with van der Waals surface area (Å²) < 4.78 is 33.8. The maximum atomic E-state index is 12.1. The molecule has 0 aromatic heterocycles. The summed E-state index contributed by atoms with van der Waals surface area (Å²) in [4.78, 5) is 0. The monoisotopic (exact) mass is 253 g/mol. The number of hydrogen-bond acceptors (Lipinski definition) is 3. The lowest BCUT2D eigenvalue weighted by Gasteiger charge is -2.14. The van der Waals surface area contributed by atoms with E-state index in [0.29, 0.717) is 17.9 Å². The van der Waals surface area contributed by atoms with Gasteiger partial charge in [-0.3, -0.25) is 0 Å². The van der Waals surface area contributed by atoms with Crippen LogP contribution in [0.5, 0.6) is 11.5 Å². The molecular formula is C10H14ClF2NO2. The minimum absolute atomic E-state index is 0. The molecule has 2 N–H and O–H groups in total. The van der Waals surface area contributed by atoms with E-state index >= 15 is 0 Å². The summed E-state index contributed by atoms with van der Waals surface area (Å²) >= 11 is 0. The fourth-order valence-corrected chi connectivity index (χ4v) is 1.21. The smallest absolute Gasteiger partial charge is 0.387 e. The minimum Gasteiger partial charge on any atom is -0.490 e. The third kappa shape index (κ3) is 3.83. The highest BCUT2D eigenvalue weighted by Gasteiger charge is 2.14. The first-order valence-corrected chi connectivity index (χ1v) is 4.58. The maximum Gasteiger partial charge on any atom is 0.387 e. The van der Waals surface area contributed by atoms with Gasteiger partial charge in [-0.25, -0.2) is 0 Å². The summed E-state index contributed by atoms with van der Waals surface area (Å²) in [6.07, 6.45) is 0. The Morgan fingerprint density at radius 1 is 1.38 bits per heavy atom. The fraction of sp³-hybridized carbons (Fsp3) is 0.400.